The molecular formula is C17H28N2O4S. The molecule has 0 aliphatic rings. The van der Waals surface area contributed by atoms with Gasteiger partial charge in [-0.15, -0.1) is 0 Å². The summed E-state index contributed by atoms with van der Waals surface area (Å²) in [5.74, 6) is 0.266. The summed E-state index contributed by atoms with van der Waals surface area (Å²) in [6, 6.07) is 6.03. The number of hydrogen-bond donors (Lipinski definition) is 2. The van der Waals surface area contributed by atoms with Crippen molar-refractivity contribution in [1.29, 1.82) is 0 Å². The van der Waals surface area contributed by atoms with Gasteiger partial charge in [-0.1, -0.05) is 20.3 Å². The topological polar surface area (TPSA) is 84.5 Å². The molecule has 1 amide bonds. The molecule has 1 aromatic carbocycles. The minimum Gasteiger partial charge on any atom is -0.484 e. The molecule has 0 bridgehead atoms. The summed E-state index contributed by atoms with van der Waals surface area (Å²) < 4.78 is 32.3. The molecule has 6 nitrogen and oxygen atoms in total. The molecule has 0 saturated heterocycles. The van der Waals surface area contributed by atoms with Crippen molar-refractivity contribution in [2.24, 2.45) is 0 Å². The summed E-state index contributed by atoms with van der Waals surface area (Å²) in [7, 11) is -3.53. The standard InChI is InChI=1S/C17H28N2O4S/c1-5-7-14(4)18-17(20)12-23-15-8-10-16(11-9-15)24(21,22)19-13(3)6-2/h8-11,13-14,19H,5-7,12H2,1-4H3,(H,18,20)/t13-,14-/m1/s1. The third kappa shape index (κ3) is 6.88. The predicted molar refractivity (Wildman–Crippen MR) is 94.5 cm³/mol. The van der Waals surface area contributed by atoms with Crippen molar-refractivity contribution in [3.05, 3.63) is 24.3 Å². The highest BCUT2D eigenvalue weighted by atomic mass is 32.2. The number of rotatable bonds is 10. The molecule has 2 N–H and O–H groups in total. The molecule has 0 heterocycles. The van der Waals surface area contributed by atoms with Crippen molar-refractivity contribution in [2.75, 3.05) is 6.61 Å². The lowest BCUT2D eigenvalue weighted by atomic mass is 10.2. The zero-order valence-corrected chi connectivity index (χ0v) is 15.7. The Balaban J connectivity index is 2.57. The maximum absolute atomic E-state index is 12.1. The van der Waals surface area contributed by atoms with Crippen LogP contribution in [-0.4, -0.2) is 33.0 Å². The highest BCUT2D eigenvalue weighted by Gasteiger charge is 2.16. The molecule has 0 spiro atoms. The Labute approximate surface area is 145 Å². The van der Waals surface area contributed by atoms with Crippen molar-refractivity contribution in [3.8, 4) is 5.75 Å². The number of ether oxygens (including phenoxy) is 1. The van der Waals surface area contributed by atoms with Gasteiger partial charge in [0.25, 0.3) is 5.91 Å². The Morgan fingerprint density at radius 3 is 2.29 bits per heavy atom. The Kier molecular flexibility index (Phi) is 8.21. The second kappa shape index (κ2) is 9.64. The fraction of sp³-hybridized carbons (Fsp3) is 0.588. The van der Waals surface area contributed by atoms with E-state index in [1.807, 2.05) is 20.8 Å². The third-order valence-electron chi connectivity index (χ3n) is 3.60. The molecule has 0 aromatic heterocycles. The lowest BCUT2D eigenvalue weighted by molar-refractivity contribution is -0.123. The van der Waals surface area contributed by atoms with Gasteiger partial charge in [-0.2, -0.15) is 0 Å². The van der Waals surface area contributed by atoms with Gasteiger partial charge >= 0.3 is 0 Å². The molecule has 0 radical (unpaired) electrons. The first kappa shape index (κ1) is 20.4. The number of carbonyl (C=O) groups excluding carboxylic acids is 1. The maximum atomic E-state index is 12.1. The van der Waals surface area contributed by atoms with Gasteiger partial charge in [0.2, 0.25) is 10.0 Å². The van der Waals surface area contributed by atoms with E-state index in [-0.39, 0.29) is 29.5 Å². The van der Waals surface area contributed by atoms with Crippen LogP contribution in [0.5, 0.6) is 5.75 Å². The van der Waals surface area contributed by atoms with Crippen LogP contribution in [0.1, 0.15) is 47.0 Å². The average molecular weight is 356 g/mol. The monoisotopic (exact) mass is 356 g/mol. The molecule has 136 valence electrons. The van der Waals surface area contributed by atoms with Crippen LogP contribution in [0.3, 0.4) is 0 Å². The number of nitrogens with one attached hydrogen (secondary N) is 2. The number of sulfonamides is 1. The zero-order chi connectivity index (χ0) is 18.2. The lowest BCUT2D eigenvalue weighted by Gasteiger charge is -2.14. The van der Waals surface area contributed by atoms with E-state index in [1.54, 1.807) is 12.1 Å². The average Bonchev–Trinajstić information content (AvgIpc) is 2.53. The summed E-state index contributed by atoms with van der Waals surface area (Å²) in [6.07, 6.45) is 2.64. The second-order valence-corrected chi connectivity index (χ2v) is 7.66. The molecule has 0 aliphatic carbocycles. The summed E-state index contributed by atoms with van der Waals surface area (Å²) in [5.41, 5.74) is 0. The molecule has 24 heavy (non-hydrogen) atoms. The van der Waals surface area contributed by atoms with Crippen molar-refractivity contribution < 1.29 is 17.9 Å². The van der Waals surface area contributed by atoms with Crippen LogP contribution in [0.15, 0.2) is 29.2 Å². The van der Waals surface area contributed by atoms with Gasteiger partial charge in [0.1, 0.15) is 5.75 Å². The molecule has 0 saturated carbocycles. The first-order valence-corrected chi connectivity index (χ1v) is 9.81. The van der Waals surface area contributed by atoms with Crippen LogP contribution in [0.4, 0.5) is 0 Å². The Morgan fingerprint density at radius 1 is 1.12 bits per heavy atom. The minimum atomic E-state index is -3.53. The van der Waals surface area contributed by atoms with Crippen molar-refractivity contribution >= 4 is 15.9 Å². The Bertz CT molecular complexity index is 614. The van der Waals surface area contributed by atoms with Crippen LogP contribution < -0.4 is 14.8 Å². The van der Waals surface area contributed by atoms with E-state index in [2.05, 4.69) is 17.0 Å². The summed E-state index contributed by atoms with van der Waals surface area (Å²) in [4.78, 5) is 11.9. The molecule has 0 fully saturated rings. The summed E-state index contributed by atoms with van der Waals surface area (Å²) in [5, 5.41) is 2.84. The molecule has 1 rings (SSSR count). The molecular weight excluding hydrogens is 328 g/mol. The van der Waals surface area contributed by atoms with Crippen molar-refractivity contribution in [1.82, 2.24) is 10.0 Å². The van der Waals surface area contributed by atoms with E-state index in [1.165, 1.54) is 12.1 Å². The van der Waals surface area contributed by atoms with Gasteiger partial charge in [0.05, 0.1) is 4.90 Å². The second-order valence-electron chi connectivity index (χ2n) is 5.95. The number of hydrogen-bond acceptors (Lipinski definition) is 4. The van der Waals surface area contributed by atoms with E-state index in [0.717, 1.165) is 12.8 Å². The maximum Gasteiger partial charge on any atom is 0.258 e. The van der Waals surface area contributed by atoms with E-state index in [4.69, 9.17) is 4.74 Å². The van der Waals surface area contributed by atoms with Crippen LogP contribution in [0.25, 0.3) is 0 Å². The van der Waals surface area contributed by atoms with E-state index in [0.29, 0.717) is 12.2 Å². The van der Waals surface area contributed by atoms with Gasteiger partial charge < -0.3 is 10.1 Å². The van der Waals surface area contributed by atoms with Crippen LogP contribution in [0, 0.1) is 0 Å². The molecule has 0 unspecified atom stereocenters. The summed E-state index contributed by atoms with van der Waals surface area (Å²) >= 11 is 0. The van der Waals surface area contributed by atoms with Crippen molar-refractivity contribution in [2.45, 2.75) is 63.9 Å². The molecule has 2 atom stereocenters. The summed E-state index contributed by atoms with van der Waals surface area (Å²) in [6.45, 7) is 7.64. The van der Waals surface area contributed by atoms with Crippen LogP contribution >= 0.6 is 0 Å². The SMILES string of the molecule is CCC[C@@H](C)NC(=O)COc1ccc(S(=O)(=O)N[C@H](C)CC)cc1. The highest BCUT2D eigenvalue weighted by Crippen LogP contribution is 2.16. The van der Waals surface area contributed by atoms with Crippen molar-refractivity contribution in [3.63, 3.8) is 0 Å². The first-order chi connectivity index (χ1) is 11.3. The van der Waals surface area contributed by atoms with Gasteiger partial charge in [0, 0.05) is 12.1 Å². The van der Waals surface area contributed by atoms with Gasteiger partial charge in [0.15, 0.2) is 6.61 Å². The fourth-order valence-electron chi connectivity index (χ4n) is 2.10. The Morgan fingerprint density at radius 2 is 1.75 bits per heavy atom. The van der Waals surface area contributed by atoms with Crippen LogP contribution in [-0.2, 0) is 14.8 Å². The minimum absolute atomic E-state index is 0.0920. The third-order valence-corrected chi connectivity index (χ3v) is 5.21. The van der Waals surface area contributed by atoms with Gasteiger partial charge in [-0.25, -0.2) is 13.1 Å². The Hall–Kier alpha value is -1.60. The van der Waals surface area contributed by atoms with Gasteiger partial charge in [-0.3, -0.25) is 4.79 Å². The van der Waals surface area contributed by atoms with Crippen LogP contribution in [0.2, 0.25) is 0 Å². The quantitative estimate of drug-likeness (QED) is 0.674. The normalized spacial score (nSPS) is 14.0. The fourth-order valence-corrected chi connectivity index (χ4v) is 3.43. The van der Waals surface area contributed by atoms with E-state index < -0.39 is 10.0 Å². The van der Waals surface area contributed by atoms with E-state index >= 15 is 0 Å². The zero-order valence-electron chi connectivity index (χ0n) is 14.8. The highest BCUT2D eigenvalue weighted by molar-refractivity contribution is 7.89. The molecule has 0 aliphatic heterocycles. The predicted octanol–water partition coefficient (Wildman–Crippen LogP) is 2.45. The number of benzene rings is 1. The number of carbonyl (C=O) groups is 1. The first-order valence-electron chi connectivity index (χ1n) is 8.33. The lowest BCUT2D eigenvalue weighted by Crippen LogP contribution is -2.35. The van der Waals surface area contributed by atoms with Gasteiger partial charge in [-0.05, 0) is 51.0 Å². The number of amides is 1. The largest absolute Gasteiger partial charge is 0.484 e. The smallest absolute Gasteiger partial charge is 0.258 e. The molecule has 7 heteroatoms. The molecule has 1 aromatic rings. The van der Waals surface area contributed by atoms with E-state index in [9.17, 15) is 13.2 Å².